The summed E-state index contributed by atoms with van der Waals surface area (Å²) < 4.78 is 10.5. The molecule has 3 nitrogen and oxygen atoms in total. The first-order valence-electron chi connectivity index (χ1n) is 11.1. The van der Waals surface area contributed by atoms with Crippen molar-refractivity contribution in [1.82, 2.24) is 0 Å². The first-order valence-corrected chi connectivity index (χ1v) is 12.0. The fourth-order valence-electron chi connectivity index (χ4n) is 3.25. The molecule has 0 radical (unpaired) electrons. The van der Waals surface area contributed by atoms with E-state index in [2.05, 4.69) is 22.9 Å². The Kier molecular flexibility index (Phi) is 15.1. The number of benzene rings is 1. The minimum absolute atomic E-state index is 0.168. The quantitative estimate of drug-likeness (QED) is 0.138. The standard InChI is InChI=1S/C24H39BrO3/c1-3-4-5-6-7-8-9-10-11-12-13-14-15-23(25)24(26)28-20-21-16-18-22(27-2)19-17-21/h16-19,23H,3-15,20H2,1-2H3. The molecule has 0 aliphatic heterocycles. The zero-order valence-electron chi connectivity index (χ0n) is 17.9. The van der Waals surface area contributed by atoms with Crippen LogP contribution in [-0.2, 0) is 16.1 Å². The predicted molar refractivity (Wildman–Crippen MR) is 121 cm³/mol. The molecule has 1 aromatic carbocycles. The maximum Gasteiger partial charge on any atom is 0.320 e. The van der Waals surface area contributed by atoms with Crippen LogP contribution in [0.2, 0.25) is 0 Å². The molecule has 4 heteroatoms. The van der Waals surface area contributed by atoms with E-state index in [0.29, 0.717) is 6.61 Å². The summed E-state index contributed by atoms with van der Waals surface area (Å²) in [5.74, 6) is 0.638. The van der Waals surface area contributed by atoms with Crippen LogP contribution >= 0.6 is 15.9 Å². The molecule has 0 aliphatic rings. The molecule has 160 valence electrons. The molecule has 0 bridgehead atoms. The molecule has 0 heterocycles. The Labute approximate surface area is 180 Å². The van der Waals surface area contributed by atoms with Gasteiger partial charge in [0.25, 0.3) is 0 Å². The number of rotatable bonds is 17. The van der Waals surface area contributed by atoms with Crippen molar-refractivity contribution in [3.8, 4) is 5.75 Å². The fraction of sp³-hybridized carbons (Fsp3) is 0.708. The van der Waals surface area contributed by atoms with Crippen molar-refractivity contribution in [2.24, 2.45) is 0 Å². The summed E-state index contributed by atoms with van der Waals surface area (Å²) in [5.41, 5.74) is 0.971. The van der Waals surface area contributed by atoms with E-state index in [4.69, 9.17) is 9.47 Å². The highest BCUT2D eigenvalue weighted by Crippen LogP contribution is 2.17. The van der Waals surface area contributed by atoms with Gasteiger partial charge in [-0.3, -0.25) is 4.79 Å². The Morgan fingerprint density at radius 3 is 1.86 bits per heavy atom. The Morgan fingerprint density at radius 1 is 0.857 bits per heavy atom. The molecule has 0 N–H and O–H groups in total. The van der Waals surface area contributed by atoms with Crippen LogP contribution in [0.15, 0.2) is 24.3 Å². The summed E-state index contributed by atoms with van der Waals surface area (Å²) in [5, 5.41) is 0. The first kappa shape index (κ1) is 25.0. The van der Waals surface area contributed by atoms with Crippen molar-refractivity contribution >= 4 is 21.9 Å². The van der Waals surface area contributed by atoms with Gasteiger partial charge < -0.3 is 9.47 Å². The summed E-state index contributed by atoms with van der Waals surface area (Å²) in [4.78, 5) is 11.9. The minimum Gasteiger partial charge on any atom is -0.497 e. The van der Waals surface area contributed by atoms with Gasteiger partial charge in [-0.1, -0.05) is 112 Å². The van der Waals surface area contributed by atoms with Crippen molar-refractivity contribution in [2.45, 2.75) is 102 Å². The topological polar surface area (TPSA) is 35.5 Å². The number of hydrogen-bond acceptors (Lipinski definition) is 3. The van der Waals surface area contributed by atoms with E-state index in [1.54, 1.807) is 7.11 Å². The van der Waals surface area contributed by atoms with E-state index in [-0.39, 0.29) is 10.8 Å². The molecule has 0 saturated heterocycles. The van der Waals surface area contributed by atoms with Crippen molar-refractivity contribution in [3.05, 3.63) is 29.8 Å². The SMILES string of the molecule is CCCCCCCCCCCCCCC(Br)C(=O)OCc1ccc(OC)cc1. The van der Waals surface area contributed by atoms with E-state index in [1.807, 2.05) is 24.3 Å². The van der Waals surface area contributed by atoms with E-state index in [9.17, 15) is 4.79 Å². The van der Waals surface area contributed by atoms with Crippen LogP contribution in [0.5, 0.6) is 5.75 Å². The van der Waals surface area contributed by atoms with Crippen molar-refractivity contribution < 1.29 is 14.3 Å². The molecule has 28 heavy (non-hydrogen) atoms. The lowest BCUT2D eigenvalue weighted by Crippen LogP contribution is -2.17. The first-order chi connectivity index (χ1) is 13.7. The second-order valence-electron chi connectivity index (χ2n) is 7.60. The number of carbonyl (C=O) groups excluding carboxylic acids is 1. The third-order valence-electron chi connectivity index (χ3n) is 5.11. The van der Waals surface area contributed by atoms with Crippen LogP contribution in [0.3, 0.4) is 0 Å². The monoisotopic (exact) mass is 454 g/mol. The van der Waals surface area contributed by atoms with Gasteiger partial charge in [-0.25, -0.2) is 0 Å². The van der Waals surface area contributed by atoms with Crippen LogP contribution in [0.4, 0.5) is 0 Å². The van der Waals surface area contributed by atoms with Crippen molar-refractivity contribution in [1.29, 1.82) is 0 Å². The van der Waals surface area contributed by atoms with Gasteiger partial charge in [0.1, 0.15) is 17.2 Å². The van der Waals surface area contributed by atoms with Gasteiger partial charge in [-0.05, 0) is 24.1 Å². The second kappa shape index (κ2) is 16.9. The number of esters is 1. The lowest BCUT2D eigenvalue weighted by Gasteiger charge is -2.10. The Balaban J connectivity index is 1.96. The zero-order valence-corrected chi connectivity index (χ0v) is 19.5. The van der Waals surface area contributed by atoms with Crippen molar-refractivity contribution in [3.63, 3.8) is 0 Å². The largest absolute Gasteiger partial charge is 0.497 e. The summed E-state index contributed by atoms with van der Waals surface area (Å²) in [6.45, 7) is 2.58. The number of alkyl halides is 1. The number of methoxy groups -OCH3 is 1. The molecule has 1 rings (SSSR count). The van der Waals surface area contributed by atoms with E-state index < -0.39 is 0 Å². The number of carbonyl (C=O) groups is 1. The Bertz CT molecular complexity index is 501. The van der Waals surface area contributed by atoms with Crippen LogP contribution < -0.4 is 4.74 Å². The minimum atomic E-state index is -0.200. The van der Waals surface area contributed by atoms with E-state index in [0.717, 1.165) is 24.2 Å². The lowest BCUT2D eigenvalue weighted by atomic mass is 10.0. The van der Waals surface area contributed by atoms with Crippen LogP contribution in [0.25, 0.3) is 0 Å². The molecular weight excluding hydrogens is 416 g/mol. The van der Waals surface area contributed by atoms with Gasteiger partial charge in [0.15, 0.2) is 0 Å². The molecule has 1 unspecified atom stereocenters. The smallest absolute Gasteiger partial charge is 0.320 e. The molecule has 0 aliphatic carbocycles. The summed E-state index contributed by atoms with van der Waals surface area (Å²) in [6, 6.07) is 7.59. The van der Waals surface area contributed by atoms with Crippen molar-refractivity contribution in [2.75, 3.05) is 7.11 Å². The summed E-state index contributed by atoms with van der Waals surface area (Å²) >= 11 is 3.47. The average molecular weight is 455 g/mol. The molecule has 1 aromatic rings. The number of ether oxygens (including phenoxy) is 2. The molecule has 0 fully saturated rings. The Hall–Kier alpha value is -1.03. The number of hydrogen-bond donors (Lipinski definition) is 0. The highest BCUT2D eigenvalue weighted by Gasteiger charge is 2.15. The second-order valence-corrected chi connectivity index (χ2v) is 8.71. The molecular formula is C24H39BrO3. The van der Waals surface area contributed by atoms with Crippen LogP contribution in [0, 0.1) is 0 Å². The van der Waals surface area contributed by atoms with Gasteiger partial charge in [0.05, 0.1) is 7.11 Å². The number of unbranched alkanes of at least 4 members (excludes halogenated alkanes) is 11. The van der Waals surface area contributed by atoms with Gasteiger partial charge in [0.2, 0.25) is 0 Å². The third kappa shape index (κ3) is 12.4. The summed E-state index contributed by atoms with van der Waals surface area (Å²) in [7, 11) is 1.64. The lowest BCUT2D eigenvalue weighted by molar-refractivity contribution is -0.144. The van der Waals surface area contributed by atoms with E-state index >= 15 is 0 Å². The fourth-order valence-corrected chi connectivity index (χ4v) is 3.70. The summed E-state index contributed by atoms with van der Waals surface area (Å²) in [6.07, 6.45) is 16.8. The highest BCUT2D eigenvalue weighted by molar-refractivity contribution is 9.10. The molecule has 0 spiro atoms. The van der Waals surface area contributed by atoms with Gasteiger partial charge in [-0.15, -0.1) is 0 Å². The maximum atomic E-state index is 12.1. The molecule has 0 amide bonds. The van der Waals surface area contributed by atoms with Crippen LogP contribution in [0.1, 0.15) is 96.0 Å². The van der Waals surface area contributed by atoms with Crippen LogP contribution in [-0.4, -0.2) is 17.9 Å². The normalized spacial score (nSPS) is 12.0. The average Bonchev–Trinajstić information content (AvgIpc) is 2.73. The highest BCUT2D eigenvalue weighted by atomic mass is 79.9. The van der Waals surface area contributed by atoms with E-state index in [1.165, 1.54) is 70.6 Å². The number of halogens is 1. The van der Waals surface area contributed by atoms with Gasteiger partial charge in [-0.2, -0.15) is 0 Å². The van der Waals surface area contributed by atoms with Gasteiger partial charge >= 0.3 is 5.97 Å². The maximum absolute atomic E-state index is 12.1. The zero-order chi connectivity index (χ0) is 20.5. The molecule has 1 atom stereocenters. The third-order valence-corrected chi connectivity index (χ3v) is 5.94. The predicted octanol–water partition coefficient (Wildman–Crippen LogP) is 7.59. The molecule has 0 saturated carbocycles. The molecule has 0 aromatic heterocycles. The Morgan fingerprint density at radius 2 is 1.36 bits per heavy atom. The van der Waals surface area contributed by atoms with Gasteiger partial charge in [0, 0.05) is 0 Å².